The summed E-state index contributed by atoms with van der Waals surface area (Å²) >= 11 is 5.79. The van der Waals surface area contributed by atoms with Gasteiger partial charge in [-0.1, -0.05) is 29.8 Å². The molecule has 0 radical (unpaired) electrons. The van der Waals surface area contributed by atoms with Crippen molar-refractivity contribution >= 4 is 28.4 Å². The third-order valence-corrected chi connectivity index (χ3v) is 3.80. The number of aromatic nitrogens is 2. The van der Waals surface area contributed by atoms with Crippen LogP contribution >= 0.6 is 11.6 Å². The van der Waals surface area contributed by atoms with Gasteiger partial charge >= 0.3 is 0 Å². The van der Waals surface area contributed by atoms with Gasteiger partial charge in [0.15, 0.2) is 0 Å². The van der Waals surface area contributed by atoms with Crippen LogP contribution in [0, 0.1) is 6.92 Å². The quantitative estimate of drug-likeness (QED) is 0.755. The van der Waals surface area contributed by atoms with E-state index >= 15 is 0 Å². The second kappa shape index (κ2) is 5.73. The first-order chi connectivity index (χ1) is 10.5. The van der Waals surface area contributed by atoms with Gasteiger partial charge in [-0.25, -0.2) is 4.98 Å². The highest BCUT2D eigenvalue weighted by molar-refractivity contribution is 6.29. The molecule has 3 aromatic rings. The molecular formula is C17H14ClN3O. The Morgan fingerprint density at radius 3 is 2.68 bits per heavy atom. The molecule has 0 aliphatic heterocycles. The van der Waals surface area contributed by atoms with Gasteiger partial charge < -0.3 is 5.73 Å². The number of nitrogens with zero attached hydrogens (tertiary/aromatic N) is 2. The molecule has 2 heterocycles. The molecule has 110 valence electrons. The van der Waals surface area contributed by atoms with Crippen LogP contribution in [-0.4, -0.2) is 15.9 Å². The van der Waals surface area contributed by atoms with Crippen LogP contribution in [0.5, 0.6) is 0 Å². The first-order valence-corrected chi connectivity index (χ1v) is 7.22. The SMILES string of the molecule is Cc1ccc(C(N)=O)c2nc(Cc3ccc(Cl)nc3)ccc12. The minimum atomic E-state index is -0.470. The van der Waals surface area contributed by atoms with Crippen molar-refractivity contribution in [2.75, 3.05) is 0 Å². The molecule has 5 heteroatoms. The number of rotatable bonds is 3. The number of pyridine rings is 2. The molecule has 3 rings (SSSR count). The van der Waals surface area contributed by atoms with E-state index in [4.69, 9.17) is 17.3 Å². The molecule has 0 fully saturated rings. The summed E-state index contributed by atoms with van der Waals surface area (Å²) in [6.45, 7) is 1.98. The highest BCUT2D eigenvalue weighted by Gasteiger charge is 2.11. The lowest BCUT2D eigenvalue weighted by atomic mass is 10.0. The fourth-order valence-electron chi connectivity index (χ4n) is 2.42. The van der Waals surface area contributed by atoms with Gasteiger partial charge in [0.1, 0.15) is 5.15 Å². The van der Waals surface area contributed by atoms with Crippen LogP contribution in [0.3, 0.4) is 0 Å². The fraction of sp³-hybridized carbons (Fsp3) is 0.118. The van der Waals surface area contributed by atoms with Crippen LogP contribution in [0.25, 0.3) is 10.9 Å². The van der Waals surface area contributed by atoms with Gasteiger partial charge in [0.25, 0.3) is 5.91 Å². The van der Waals surface area contributed by atoms with E-state index in [9.17, 15) is 4.79 Å². The molecule has 1 amide bonds. The lowest BCUT2D eigenvalue weighted by Crippen LogP contribution is -2.12. The summed E-state index contributed by atoms with van der Waals surface area (Å²) in [5.74, 6) is -0.470. The van der Waals surface area contributed by atoms with Crippen molar-refractivity contribution in [3.8, 4) is 0 Å². The molecular weight excluding hydrogens is 298 g/mol. The Bertz CT molecular complexity index is 860. The topological polar surface area (TPSA) is 68.9 Å². The summed E-state index contributed by atoms with van der Waals surface area (Å²) in [5.41, 5.74) is 9.45. The molecule has 22 heavy (non-hydrogen) atoms. The Morgan fingerprint density at radius 2 is 2.00 bits per heavy atom. The summed E-state index contributed by atoms with van der Waals surface area (Å²) in [6, 6.07) is 11.2. The van der Waals surface area contributed by atoms with Crippen LogP contribution in [-0.2, 0) is 6.42 Å². The highest BCUT2D eigenvalue weighted by Crippen LogP contribution is 2.22. The van der Waals surface area contributed by atoms with Gasteiger partial charge in [0, 0.05) is 23.7 Å². The van der Waals surface area contributed by atoms with Crippen molar-refractivity contribution in [1.82, 2.24) is 9.97 Å². The zero-order valence-electron chi connectivity index (χ0n) is 12.0. The second-order valence-electron chi connectivity index (χ2n) is 5.16. The standard InChI is InChI=1S/C17H14ClN3O/c1-10-2-5-14(17(19)22)16-13(10)6-4-12(21-16)8-11-3-7-15(18)20-9-11/h2-7,9H,8H2,1H3,(H2,19,22). The van der Waals surface area contributed by atoms with Gasteiger partial charge in [-0.2, -0.15) is 0 Å². The van der Waals surface area contributed by atoms with Crippen molar-refractivity contribution in [3.05, 3.63) is 70.1 Å². The third kappa shape index (κ3) is 2.78. The van der Waals surface area contributed by atoms with E-state index in [2.05, 4.69) is 9.97 Å². The van der Waals surface area contributed by atoms with E-state index in [1.807, 2.05) is 31.2 Å². The predicted octanol–water partition coefficient (Wildman–Crippen LogP) is 3.28. The summed E-state index contributed by atoms with van der Waals surface area (Å²) in [5, 5.41) is 1.40. The van der Waals surface area contributed by atoms with Crippen molar-refractivity contribution < 1.29 is 4.79 Å². The highest BCUT2D eigenvalue weighted by atomic mass is 35.5. The van der Waals surface area contributed by atoms with E-state index < -0.39 is 5.91 Å². The van der Waals surface area contributed by atoms with Crippen molar-refractivity contribution in [1.29, 1.82) is 0 Å². The second-order valence-corrected chi connectivity index (χ2v) is 5.55. The summed E-state index contributed by atoms with van der Waals surface area (Å²) in [4.78, 5) is 20.3. The first kappa shape index (κ1) is 14.5. The Morgan fingerprint density at radius 1 is 1.18 bits per heavy atom. The van der Waals surface area contributed by atoms with Gasteiger partial charge in [0.05, 0.1) is 11.1 Å². The average molecular weight is 312 g/mol. The number of fused-ring (bicyclic) bond motifs is 1. The third-order valence-electron chi connectivity index (χ3n) is 3.57. The molecule has 0 saturated heterocycles. The van der Waals surface area contributed by atoms with Crippen LogP contribution in [0.1, 0.15) is 27.2 Å². The van der Waals surface area contributed by atoms with Gasteiger partial charge in [0.2, 0.25) is 0 Å². The number of hydrogen-bond acceptors (Lipinski definition) is 3. The zero-order chi connectivity index (χ0) is 15.7. The van der Waals surface area contributed by atoms with E-state index in [0.29, 0.717) is 22.7 Å². The molecule has 2 aromatic heterocycles. The van der Waals surface area contributed by atoms with Gasteiger partial charge in [-0.3, -0.25) is 9.78 Å². The normalized spacial score (nSPS) is 10.8. The van der Waals surface area contributed by atoms with Crippen LogP contribution in [0.4, 0.5) is 0 Å². The number of carbonyl (C=O) groups excluding carboxylic acids is 1. The number of aryl methyl sites for hydroxylation is 1. The Balaban J connectivity index is 2.06. The van der Waals surface area contributed by atoms with E-state index in [1.165, 1.54) is 0 Å². The molecule has 0 spiro atoms. The lowest BCUT2D eigenvalue weighted by molar-refractivity contribution is 0.100. The lowest BCUT2D eigenvalue weighted by Gasteiger charge is -2.08. The first-order valence-electron chi connectivity index (χ1n) is 6.84. The van der Waals surface area contributed by atoms with E-state index in [-0.39, 0.29) is 0 Å². The zero-order valence-corrected chi connectivity index (χ0v) is 12.8. The molecule has 0 aliphatic rings. The predicted molar refractivity (Wildman–Crippen MR) is 87.1 cm³/mol. The molecule has 4 nitrogen and oxygen atoms in total. The van der Waals surface area contributed by atoms with Crippen molar-refractivity contribution in [3.63, 3.8) is 0 Å². The van der Waals surface area contributed by atoms with Gasteiger partial charge in [-0.05, 0) is 36.2 Å². The number of amides is 1. The molecule has 1 aromatic carbocycles. The molecule has 0 saturated carbocycles. The molecule has 0 unspecified atom stereocenters. The molecule has 0 aliphatic carbocycles. The number of hydrogen-bond donors (Lipinski definition) is 1. The number of halogens is 1. The number of carbonyl (C=O) groups is 1. The fourth-order valence-corrected chi connectivity index (χ4v) is 2.53. The van der Waals surface area contributed by atoms with Crippen molar-refractivity contribution in [2.24, 2.45) is 5.73 Å². The molecule has 0 atom stereocenters. The minimum absolute atomic E-state index is 0.441. The summed E-state index contributed by atoms with van der Waals surface area (Å²) in [6.07, 6.45) is 2.34. The largest absolute Gasteiger partial charge is 0.366 e. The maximum atomic E-state index is 11.6. The van der Waals surface area contributed by atoms with Crippen LogP contribution in [0.15, 0.2) is 42.6 Å². The summed E-state index contributed by atoms with van der Waals surface area (Å²) in [7, 11) is 0. The number of benzene rings is 1. The smallest absolute Gasteiger partial charge is 0.250 e. The Labute approximate surface area is 133 Å². The maximum Gasteiger partial charge on any atom is 0.250 e. The molecule has 0 bridgehead atoms. The average Bonchev–Trinajstić information content (AvgIpc) is 2.49. The van der Waals surface area contributed by atoms with Crippen molar-refractivity contribution in [2.45, 2.75) is 13.3 Å². The van der Waals surface area contributed by atoms with Crippen LogP contribution < -0.4 is 5.73 Å². The Kier molecular flexibility index (Phi) is 3.77. The summed E-state index contributed by atoms with van der Waals surface area (Å²) < 4.78 is 0. The Hall–Kier alpha value is -2.46. The van der Waals surface area contributed by atoms with E-state index in [0.717, 1.165) is 22.2 Å². The monoisotopic (exact) mass is 311 g/mol. The van der Waals surface area contributed by atoms with Gasteiger partial charge in [-0.15, -0.1) is 0 Å². The van der Waals surface area contributed by atoms with E-state index in [1.54, 1.807) is 18.3 Å². The molecule has 2 N–H and O–H groups in total. The number of primary amides is 1. The maximum absolute atomic E-state index is 11.6. The minimum Gasteiger partial charge on any atom is -0.366 e. The van der Waals surface area contributed by atoms with Crippen LogP contribution in [0.2, 0.25) is 5.15 Å². The number of nitrogens with two attached hydrogens (primary N) is 1.